The fraction of sp³-hybridized carbons (Fsp3) is 0.600. The van der Waals surface area contributed by atoms with Gasteiger partial charge >= 0.3 is 0 Å². The van der Waals surface area contributed by atoms with E-state index in [-0.39, 0.29) is 0 Å². The number of methoxy groups -OCH3 is 2. The first kappa shape index (κ1) is 14.3. The van der Waals surface area contributed by atoms with Crippen molar-refractivity contribution in [3.8, 4) is 5.75 Å². The second-order valence-corrected chi connectivity index (χ2v) is 5.01. The largest absolute Gasteiger partial charge is 0.497 e. The average Bonchev–Trinajstić information content (AvgIpc) is 3.28. The lowest BCUT2D eigenvalue weighted by atomic mass is 10.1. The molecule has 1 aliphatic carbocycles. The Labute approximate surface area is 114 Å². The first-order valence-electron chi connectivity index (χ1n) is 6.79. The summed E-state index contributed by atoms with van der Waals surface area (Å²) in [4.78, 5) is 2.32. The van der Waals surface area contributed by atoms with E-state index in [4.69, 9.17) is 9.47 Å². The maximum Gasteiger partial charge on any atom is 0.118 e. The number of rotatable bonds is 8. The maximum atomic E-state index is 10.3. The first-order chi connectivity index (χ1) is 9.24. The molecule has 0 spiro atoms. The van der Waals surface area contributed by atoms with Crippen molar-refractivity contribution in [2.45, 2.75) is 25.0 Å². The predicted octanol–water partition coefficient (Wildman–Crippen LogP) is 1.84. The fourth-order valence-corrected chi connectivity index (χ4v) is 2.22. The molecule has 4 heteroatoms. The van der Waals surface area contributed by atoms with E-state index in [0.717, 1.165) is 17.9 Å². The quantitative estimate of drug-likeness (QED) is 0.779. The van der Waals surface area contributed by atoms with Crippen LogP contribution in [0, 0.1) is 0 Å². The molecule has 1 N–H and O–H groups in total. The molecule has 0 amide bonds. The zero-order valence-electron chi connectivity index (χ0n) is 11.7. The van der Waals surface area contributed by atoms with Crippen molar-refractivity contribution in [1.29, 1.82) is 0 Å². The van der Waals surface area contributed by atoms with Crippen molar-refractivity contribution < 1.29 is 14.6 Å². The molecule has 1 unspecified atom stereocenters. The molecule has 0 aromatic heterocycles. The van der Waals surface area contributed by atoms with Gasteiger partial charge in [-0.25, -0.2) is 0 Å². The summed E-state index contributed by atoms with van der Waals surface area (Å²) in [5.74, 6) is 0.814. The lowest BCUT2D eigenvalue weighted by Crippen LogP contribution is -2.33. The van der Waals surface area contributed by atoms with Crippen molar-refractivity contribution >= 4 is 0 Å². The molecule has 4 nitrogen and oxygen atoms in total. The minimum absolute atomic E-state index is 0.455. The molecule has 0 bridgehead atoms. The molecule has 1 saturated carbocycles. The lowest BCUT2D eigenvalue weighted by Gasteiger charge is -2.24. The molecule has 106 valence electrons. The molecule has 0 heterocycles. The molecule has 19 heavy (non-hydrogen) atoms. The molecular formula is C15H23NO3. The van der Waals surface area contributed by atoms with Crippen LogP contribution in [-0.2, 0) is 4.74 Å². The van der Waals surface area contributed by atoms with Crippen molar-refractivity contribution in [3.05, 3.63) is 29.8 Å². The van der Waals surface area contributed by atoms with E-state index < -0.39 is 6.10 Å². The van der Waals surface area contributed by atoms with Gasteiger partial charge in [-0.15, -0.1) is 0 Å². The van der Waals surface area contributed by atoms with Crippen molar-refractivity contribution in [1.82, 2.24) is 4.90 Å². The van der Waals surface area contributed by atoms with Crippen LogP contribution in [0.4, 0.5) is 0 Å². The van der Waals surface area contributed by atoms with Gasteiger partial charge in [-0.05, 0) is 30.5 Å². The summed E-state index contributed by atoms with van der Waals surface area (Å²) < 4.78 is 10.3. The Balaban J connectivity index is 1.91. The summed E-state index contributed by atoms with van der Waals surface area (Å²) in [6.07, 6.45) is 2.02. The molecule has 0 saturated heterocycles. The number of hydrogen-bond acceptors (Lipinski definition) is 4. The predicted molar refractivity (Wildman–Crippen MR) is 74.4 cm³/mol. The fourth-order valence-electron chi connectivity index (χ4n) is 2.22. The van der Waals surface area contributed by atoms with Gasteiger partial charge in [-0.1, -0.05) is 12.1 Å². The van der Waals surface area contributed by atoms with Crippen LogP contribution in [0.2, 0.25) is 0 Å². The standard InChI is InChI=1S/C15H23NO3/c1-18-10-9-16(13-5-6-13)11-15(17)12-3-7-14(19-2)8-4-12/h3-4,7-8,13,15,17H,5-6,9-11H2,1-2H3. The topological polar surface area (TPSA) is 41.9 Å². The van der Waals surface area contributed by atoms with Gasteiger partial charge < -0.3 is 14.6 Å². The van der Waals surface area contributed by atoms with Crippen LogP contribution in [0.25, 0.3) is 0 Å². The van der Waals surface area contributed by atoms with Crippen LogP contribution < -0.4 is 4.74 Å². The number of hydrogen-bond donors (Lipinski definition) is 1. The third-order valence-corrected chi connectivity index (χ3v) is 3.55. The number of ether oxygens (including phenoxy) is 2. The van der Waals surface area contributed by atoms with E-state index in [1.807, 2.05) is 24.3 Å². The normalized spacial score (nSPS) is 16.6. The zero-order valence-corrected chi connectivity index (χ0v) is 11.7. The minimum atomic E-state index is -0.455. The van der Waals surface area contributed by atoms with E-state index in [1.54, 1.807) is 14.2 Å². The molecule has 0 radical (unpaired) electrons. The molecular weight excluding hydrogens is 242 g/mol. The Bertz CT molecular complexity index is 375. The summed E-state index contributed by atoms with van der Waals surface area (Å²) in [7, 11) is 3.36. The van der Waals surface area contributed by atoms with Gasteiger partial charge in [0.15, 0.2) is 0 Å². The Morgan fingerprint density at radius 1 is 1.26 bits per heavy atom. The van der Waals surface area contributed by atoms with Crippen molar-refractivity contribution in [3.63, 3.8) is 0 Å². The highest BCUT2D eigenvalue weighted by molar-refractivity contribution is 5.28. The van der Waals surface area contributed by atoms with Gasteiger partial charge in [0, 0.05) is 26.2 Å². The van der Waals surface area contributed by atoms with Gasteiger partial charge in [-0.2, -0.15) is 0 Å². The van der Waals surface area contributed by atoms with E-state index in [2.05, 4.69) is 4.90 Å². The maximum absolute atomic E-state index is 10.3. The smallest absolute Gasteiger partial charge is 0.118 e. The second-order valence-electron chi connectivity index (χ2n) is 5.01. The van der Waals surface area contributed by atoms with Crippen LogP contribution in [0.3, 0.4) is 0 Å². The molecule has 0 aliphatic heterocycles. The van der Waals surface area contributed by atoms with Crippen LogP contribution in [0.15, 0.2) is 24.3 Å². The van der Waals surface area contributed by atoms with Crippen molar-refractivity contribution in [2.24, 2.45) is 0 Å². The molecule has 1 aliphatic rings. The van der Waals surface area contributed by atoms with E-state index in [1.165, 1.54) is 12.8 Å². The van der Waals surface area contributed by atoms with Gasteiger partial charge in [0.05, 0.1) is 19.8 Å². The SMILES string of the molecule is COCCN(CC(O)c1ccc(OC)cc1)C1CC1. The summed E-state index contributed by atoms with van der Waals surface area (Å²) in [6, 6.07) is 8.24. The van der Waals surface area contributed by atoms with E-state index >= 15 is 0 Å². The number of aliphatic hydroxyl groups excluding tert-OH is 1. The summed E-state index contributed by atoms with van der Waals surface area (Å²) in [5.41, 5.74) is 0.934. The number of aliphatic hydroxyl groups is 1. The summed E-state index contributed by atoms with van der Waals surface area (Å²) in [6.45, 7) is 2.26. The molecule has 1 atom stereocenters. The number of nitrogens with zero attached hydrogens (tertiary/aromatic N) is 1. The third kappa shape index (κ3) is 4.20. The highest BCUT2D eigenvalue weighted by Gasteiger charge is 2.30. The molecule has 1 aromatic rings. The monoisotopic (exact) mass is 265 g/mol. The van der Waals surface area contributed by atoms with Gasteiger partial charge in [0.25, 0.3) is 0 Å². The lowest BCUT2D eigenvalue weighted by molar-refractivity contribution is 0.0845. The third-order valence-electron chi connectivity index (χ3n) is 3.55. The summed E-state index contributed by atoms with van der Waals surface area (Å²) in [5, 5.41) is 10.3. The van der Waals surface area contributed by atoms with Gasteiger partial charge in [0.1, 0.15) is 5.75 Å². The Morgan fingerprint density at radius 2 is 1.95 bits per heavy atom. The minimum Gasteiger partial charge on any atom is -0.497 e. The second kappa shape index (κ2) is 6.89. The Hall–Kier alpha value is -1.10. The first-order valence-corrected chi connectivity index (χ1v) is 6.79. The zero-order chi connectivity index (χ0) is 13.7. The van der Waals surface area contributed by atoms with Crippen molar-refractivity contribution in [2.75, 3.05) is 33.9 Å². The summed E-state index contributed by atoms with van der Waals surface area (Å²) >= 11 is 0. The highest BCUT2D eigenvalue weighted by Crippen LogP contribution is 2.28. The van der Waals surface area contributed by atoms with Gasteiger partial charge in [-0.3, -0.25) is 4.90 Å². The van der Waals surface area contributed by atoms with E-state index in [0.29, 0.717) is 19.2 Å². The Morgan fingerprint density at radius 3 is 2.47 bits per heavy atom. The Kier molecular flexibility index (Phi) is 5.19. The molecule has 1 aromatic carbocycles. The van der Waals surface area contributed by atoms with Crippen LogP contribution in [0.1, 0.15) is 24.5 Å². The number of benzene rings is 1. The molecule has 2 rings (SSSR count). The van der Waals surface area contributed by atoms with Crippen LogP contribution in [-0.4, -0.2) is 50.0 Å². The van der Waals surface area contributed by atoms with Crippen LogP contribution in [0.5, 0.6) is 5.75 Å². The average molecular weight is 265 g/mol. The highest BCUT2D eigenvalue weighted by atomic mass is 16.5. The molecule has 1 fully saturated rings. The van der Waals surface area contributed by atoms with Gasteiger partial charge in [0.2, 0.25) is 0 Å². The van der Waals surface area contributed by atoms with Crippen LogP contribution >= 0.6 is 0 Å². The van der Waals surface area contributed by atoms with E-state index in [9.17, 15) is 5.11 Å².